The van der Waals surface area contributed by atoms with Crippen LogP contribution in [0, 0.1) is 11.8 Å². The molecule has 0 saturated heterocycles. The summed E-state index contributed by atoms with van der Waals surface area (Å²) in [5.41, 5.74) is 7.38. The van der Waals surface area contributed by atoms with Gasteiger partial charge in [-0.1, -0.05) is 52.0 Å². The molecule has 1 aromatic rings. The third-order valence-electron chi connectivity index (χ3n) is 3.14. The fraction of sp³-hybridized carbons (Fsp3) is 0.625. The Morgan fingerprint density at radius 3 is 1.76 bits per heavy atom. The van der Waals surface area contributed by atoms with E-state index in [0.29, 0.717) is 31.5 Å². The van der Waals surface area contributed by atoms with Gasteiger partial charge >= 0.3 is 0 Å². The molecular formula is C16H28N2O2S. The van der Waals surface area contributed by atoms with E-state index in [4.69, 9.17) is 5.73 Å². The fourth-order valence-corrected chi connectivity index (χ4v) is 4.04. The van der Waals surface area contributed by atoms with Crippen LogP contribution >= 0.6 is 0 Å². The van der Waals surface area contributed by atoms with E-state index in [2.05, 4.69) is 0 Å². The lowest BCUT2D eigenvalue weighted by Crippen LogP contribution is -2.37. The van der Waals surface area contributed by atoms with Crippen LogP contribution in [0.4, 0.5) is 0 Å². The van der Waals surface area contributed by atoms with Gasteiger partial charge in [-0.05, 0) is 23.0 Å². The number of benzene rings is 1. The lowest BCUT2D eigenvalue weighted by molar-refractivity contribution is 0.333. The van der Waals surface area contributed by atoms with Crippen molar-refractivity contribution in [3.8, 4) is 0 Å². The SMILES string of the molecule is CC(C)CN(CC(C)C)S(=O)(=O)Cc1ccc(CN)cc1. The van der Waals surface area contributed by atoms with Gasteiger partial charge in [-0.2, -0.15) is 0 Å². The number of sulfonamides is 1. The van der Waals surface area contributed by atoms with Crippen LogP contribution in [0.15, 0.2) is 24.3 Å². The molecule has 0 unspecified atom stereocenters. The highest BCUT2D eigenvalue weighted by molar-refractivity contribution is 7.88. The highest BCUT2D eigenvalue weighted by Gasteiger charge is 2.24. The molecular weight excluding hydrogens is 284 g/mol. The van der Waals surface area contributed by atoms with Crippen LogP contribution in [0.1, 0.15) is 38.8 Å². The van der Waals surface area contributed by atoms with E-state index in [1.54, 1.807) is 4.31 Å². The number of hydrogen-bond acceptors (Lipinski definition) is 3. The largest absolute Gasteiger partial charge is 0.326 e. The first-order valence-electron chi connectivity index (χ1n) is 7.50. The predicted octanol–water partition coefficient (Wildman–Crippen LogP) is 2.59. The van der Waals surface area contributed by atoms with E-state index >= 15 is 0 Å². The van der Waals surface area contributed by atoms with E-state index in [1.807, 2.05) is 52.0 Å². The van der Waals surface area contributed by atoms with E-state index in [9.17, 15) is 8.42 Å². The summed E-state index contributed by atoms with van der Waals surface area (Å²) in [5, 5.41) is 0. The Kier molecular flexibility index (Phi) is 6.84. The molecule has 0 bridgehead atoms. The summed E-state index contributed by atoms with van der Waals surface area (Å²) in [7, 11) is -3.28. The minimum absolute atomic E-state index is 0.0529. The molecule has 0 aliphatic rings. The smallest absolute Gasteiger partial charge is 0.218 e. The van der Waals surface area contributed by atoms with E-state index < -0.39 is 10.0 Å². The Balaban J connectivity index is 2.88. The molecule has 0 fully saturated rings. The normalized spacial score (nSPS) is 12.6. The van der Waals surface area contributed by atoms with Gasteiger partial charge < -0.3 is 5.73 Å². The van der Waals surface area contributed by atoms with Gasteiger partial charge in [-0.25, -0.2) is 12.7 Å². The minimum atomic E-state index is -3.28. The molecule has 0 saturated carbocycles. The average Bonchev–Trinajstić information content (AvgIpc) is 2.37. The number of nitrogens with zero attached hydrogens (tertiary/aromatic N) is 1. The molecule has 21 heavy (non-hydrogen) atoms. The maximum Gasteiger partial charge on any atom is 0.218 e. The summed E-state index contributed by atoms with van der Waals surface area (Å²) < 4.78 is 26.9. The van der Waals surface area contributed by atoms with Gasteiger partial charge in [0.05, 0.1) is 5.75 Å². The molecule has 0 radical (unpaired) electrons. The Morgan fingerprint density at radius 1 is 0.952 bits per heavy atom. The molecule has 4 nitrogen and oxygen atoms in total. The molecule has 5 heteroatoms. The second kappa shape index (κ2) is 7.92. The summed E-state index contributed by atoms with van der Waals surface area (Å²) >= 11 is 0. The summed E-state index contributed by atoms with van der Waals surface area (Å²) in [6.45, 7) is 9.78. The zero-order chi connectivity index (χ0) is 16.0. The van der Waals surface area contributed by atoms with Crippen LogP contribution in [-0.2, 0) is 22.3 Å². The molecule has 0 amide bonds. The topological polar surface area (TPSA) is 63.4 Å². The van der Waals surface area contributed by atoms with Crippen molar-refractivity contribution < 1.29 is 8.42 Å². The zero-order valence-electron chi connectivity index (χ0n) is 13.5. The maximum absolute atomic E-state index is 12.6. The zero-order valence-corrected chi connectivity index (χ0v) is 14.4. The molecule has 0 aromatic heterocycles. The van der Waals surface area contributed by atoms with Crippen molar-refractivity contribution in [1.82, 2.24) is 4.31 Å². The van der Waals surface area contributed by atoms with Gasteiger partial charge in [0.15, 0.2) is 0 Å². The van der Waals surface area contributed by atoms with Gasteiger partial charge in [0, 0.05) is 19.6 Å². The van der Waals surface area contributed by atoms with Crippen LogP contribution in [0.2, 0.25) is 0 Å². The molecule has 0 heterocycles. The highest BCUT2D eigenvalue weighted by Crippen LogP contribution is 2.15. The average molecular weight is 312 g/mol. The van der Waals surface area contributed by atoms with Crippen LogP contribution in [0.25, 0.3) is 0 Å². The predicted molar refractivity (Wildman–Crippen MR) is 88.2 cm³/mol. The highest BCUT2D eigenvalue weighted by atomic mass is 32.2. The van der Waals surface area contributed by atoms with Crippen LogP contribution in [0.3, 0.4) is 0 Å². The Labute approximate surface area is 129 Å². The lowest BCUT2D eigenvalue weighted by Gasteiger charge is -2.25. The first kappa shape index (κ1) is 18.1. The number of rotatable bonds is 8. The third-order valence-corrected chi connectivity index (χ3v) is 4.92. The first-order chi connectivity index (χ1) is 9.74. The summed E-state index contributed by atoms with van der Waals surface area (Å²) in [4.78, 5) is 0. The van der Waals surface area contributed by atoms with Crippen LogP contribution in [0.5, 0.6) is 0 Å². The summed E-state index contributed by atoms with van der Waals surface area (Å²) in [6.07, 6.45) is 0. The monoisotopic (exact) mass is 312 g/mol. The molecule has 1 aromatic carbocycles. The van der Waals surface area contributed by atoms with Crippen molar-refractivity contribution in [2.45, 2.75) is 40.0 Å². The van der Waals surface area contributed by atoms with Gasteiger partial charge in [0.25, 0.3) is 0 Å². The standard InChI is InChI=1S/C16H28N2O2S/c1-13(2)10-18(11-14(3)4)21(19,20)12-16-7-5-15(9-17)6-8-16/h5-8,13-14H,9-12,17H2,1-4H3. The lowest BCUT2D eigenvalue weighted by atomic mass is 10.1. The van der Waals surface area contributed by atoms with Crippen LogP contribution < -0.4 is 5.73 Å². The Morgan fingerprint density at radius 2 is 1.38 bits per heavy atom. The summed E-state index contributed by atoms with van der Waals surface area (Å²) in [6, 6.07) is 7.48. The fourth-order valence-electron chi connectivity index (χ4n) is 2.19. The molecule has 1 rings (SSSR count). The first-order valence-corrected chi connectivity index (χ1v) is 9.11. The molecule has 0 aliphatic carbocycles. The molecule has 0 atom stereocenters. The number of nitrogens with two attached hydrogens (primary N) is 1. The molecule has 0 spiro atoms. The van der Waals surface area contributed by atoms with Crippen molar-refractivity contribution in [3.05, 3.63) is 35.4 Å². The number of hydrogen-bond donors (Lipinski definition) is 1. The van der Waals surface area contributed by atoms with Gasteiger partial charge in [-0.3, -0.25) is 0 Å². The van der Waals surface area contributed by atoms with E-state index in [1.165, 1.54) is 0 Å². The van der Waals surface area contributed by atoms with Crippen molar-refractivity contribution in [2.75, 3.05) is 13.1 Å². The maximum atomic E-state index is 12.6. The van der Waals surface area contributed by atoms with Crippen molar-refractivity contribution in [2.24, 2.45) is 17.6 Å². The Bertz CT molecular complexity index is 512. The summed E-state index contributed by atoms with van der Waals surface area (Å²) in [5.74, 6) is 0.688. The van der Waals surface area contributed by atoms with Gasteiger partial charge in [-0.15, -0.1) is 0 Å². The van der Waals surface area contributed by atoms with Crippen molar-refractivity contribution in [3.63, 3.8) is 0 Å². The Hall–Kier alpha value is -0.910. The quantitative estimate of drug-likeness (QED) is 0.802. The van der Waals surface area contributed by atoms with Crippen LogP contribution in [-0.4, -0.2) is 25.8 Å². The van der Waals surface area contributed by atoms with Gasteiger partial charge in [0.2, 0.25) is 10.0 Å². The second-order valence-electron chi connectivity index (χ2n) is 6.38. The van der Waals surface area contributed by atoms with E-state index in [0.717, 1.165) is 11.1 Å². The van der Waals surface area contributed by atoms with Crippen molar-refractivity contribution >= 4 is 10.0 Å². The van der Waals surface area contributed by atoms with E-state index in [-0.39, 0.29) is 5.75 Å². The second-order valence-corrected chi connectivity index (χ2v) is 8.35. The third kappa shape index (κ3) is 6.16. The van der Waals surface area contributed by atoms with Crippen molar-refractivity contribution in [1.29, 1.82) is 0 Å². The van der Waals surface area contributed by atoms with Gasteiger partial charge in [0.1, 0.15) is 0 Å². The minimum Gasteiger partial charge on any atom is -0.326 e. The molecule has 120 valence electrons. The molecule has 0 aliphatic heterocycles. The molecule has 2 N–H and O–H groups in total.